The van der Waals surface area contributed by atoms with E-state index in [1.165, 1.54) is 16.2 Å². The highest BCUT2D eigenvalue weighted by molar-refractivity contribution is 7.12. The van der Waals surface area contributed by atoms with E-state index >= 15 is 0 Å². The van der Waals surface area contributed by atoms with Crippen LogP contribution >= 0.6 is 11.3 Å². The zero-order chi connectivity index (χ0) is 20.1. The SMILES string of the molecule is CN1C(=O)C(c2ccc(C3(O)CCC3)cc2)C(C)(c2ccc(C#N)s2)N=C1N. The van der Waals surface area contributed by atoms with E-state index in [-0.39, 0.29) is 11.9 Å². The molecule has 0 bridgehead atoms. The molecular weight excluding hydrogens is 372 g/mol. The van der Waals surface area contributed by atoms with Crippen LogP contribution in [0.5, 0.6) is 0 Å². The molecule has 0 radical (unpaired) electrons. The Bertz CT molecular complexity index is 1000. The molecule has 2 aromatic rings. The number of nitrogens with two attached hydrogens (primary N) is 1. The number of guanidine groups is 1. The fourth-order valence-electron chi connectivity index (χ4n) is 4.05. The number of aliphatic imine (C=N–C) groups is 1. The number of nitrogens with zero attached hydrogens (tertiary/aromatic N) is 3. The third-order valence-corrected chi connectivity index (χ3v) is 7.22. The highest BCUT2D eigenvalue weighted by Gasteiger charge is 2.48. The molecule has 1 aliphatic heterocycles. The molecule has 1 aromatic heterocycles. The van der Waals surface area contributed by atoms with E-state index in [1.54, 1.807) is 13.1 Å². The number of nitriles is 1. The van der Waals surface area contributed by atoms with Gasteiger partial charge in [0, 0.05) is 11.9 Å². The maximum Gasteiger partial charge on any atom is 0.239 e. The van der Waals surface area contributed by atoms with Crippen LogP contribution in [0.25, 0.3) is 0 Å². The van der Waals surface area contributed by atoms with Crippen LogP contribution in [-0.2, 0) is 15.9 Å². The van der Waals surface area contributed by atoms with Crippen molar-refractivity contribution in [3.8, 4) is 6.07 Å². The molecule has 2 atom stereocenters. The molecule has 2 unspecified atom stereocenters. The van der Waals surface area contributed by atoms with E-state index < -0.39 is 17.1 Å². The Morgan fingerprint density at radius 3 is 2.50 bits per heavy atom. The van der Waals surface area contributed by atoms with Gasteiger partial charge < -0.3 is 10.8 Å². The van der Waals surface area contributed by atoms with Gasteiger partial charge in [0.2, 0.25) is 5.91 Å². The second-order valence-electron chi connectivity index (χ2n) is 7.73. The molecule has 1 amide bonds. The number of carbonyl (C=O) groups is 1. The first-order chi connectivity index (χ1) is 13.3. The molecule has 1 saturated carbocycles. The Morgan fingerprint density at radius 1 is 1.29 bits per heavy atom. The van der Waals surface area contributed by atoms with E-state index in [0.29, 0.717) is 4.88 Å². The van der Waals surface area contributed by atoms with Crippen molar-refractivity contribution in [1.82, 2.24) is 4.90 Å². The van der Waals surface area contributed by atoms with Crippen molar-refractivity contribution in [3.05, 3.63) is 57.3 Å². The molecule has 2 heterocycles. The second kappa shape index (κ2) is 6.43. The first-order valence-corrected chi connectivity index (χ1v) is 10.1. The minimum atomic E-state index is -0.900. The summed E-state index contributed by atoms with van der Waals surface area (Å²) in [6, 6.07) is 13.3. The van der Waals surface area contributed by atoms with Gasteiger partial charge in [0.25, 0.3) is 0 Å². The average Bonchev–Trinajstić information content (AvgIpc) is 3.15. The number of likely N-dealkylation sites (N-methyl/N-ethyl adjacent to an activating group) is 1. The van der Waals surface area contributed by atoms with E-state index in [2.05, 4.69) is 11.1 Å². The number of amides is 1. The summed E-state index contributed by atoms with van der Waals surface area (Å²) in [6.07, 6.45) is 2.56. The standard InChI is InChI=1S/C21H22N4O2S/c1-20(16-9-8-15(12-22)28-16)17(18(26)25(2)19(23)24-20)13-4-6-14(7-5-13)21(27)10-3-11-21/h4-9,17,27H,3,10-11H2,1-2H3,(H2,23,24). The monoisotopic (exact) mass is 394 g/mol. The molecular formula is C21H22N4O2S. The minimum Gasteiger partial charge on any atom is -0.385 e. The van der Waals surface area contributed by atoms with Crippen molar-refractivity contribution in [2.75, 3.05) is 7.05 Å². The molecule has 28 heavy (non-hydrogen) atoms. The zero-order valence-corrected chi connectivity index (χ0v) is 16.7. The Morgan fingerprint density at radius 2 is 1.96 bits per heavy atom. The molecule has 1 aromatic carbocycles. The maximum atomic E-state index is 13.2. The van der Waals surface area contributed by atoms with E-state index in [9.17, 15) is 15.2 Å². The molecule has 0 spiro atoms. The van der Waals surface area contributed by atoms with E-state index in [1.807, 2.05) is 37.3 Å². The molecule has 4 rings (SSSR count). The van der Waals surface area contributed by atoms with Crippen LogP contribution in [0.4, 0.5) is 0 Å². The van der Waals surface area contributed by atoms with Gasteiger partial charge in [0.1, 0.15) is 16.5 Å². The van der Waals surface area contributed by atoms with Gasteiger partial charge in [-0.25, -0.2) is 4.99 Å². The molecule has 7 heteroatoms. The Hall–Kier alpha value is -2.69. The van der Waals surface area contributed by atoms with Crippen LogP contribution in [0.2, 0.25) is 0 Å². The summed E-state index contributed by atoms with van der Waals surface area (Å²) in [4.78, 5) is 20.6. The highest BCUT2D eigenvalue weighted by Crippen LogP contribution is 2.47. The molecule has 0 saturated heterocycles. The summed E-state index contributed by atoms with van der Waals surface area (Å²) < 4.78 is 0. The van der Waals surface area contributed by atoms with Crippen LogP contribution in [0.1, 0.15) is 53.0 Å². The smallest absolute Gasteiger partial charge is 0.239 e. The molecule has 3 N–H and O–H groups in total. The zero-order valence-electron chi connectivity index (χ0n) is 15.8. The predicted molar refractivity (Wildman–Crippen MR) is 108 cm³/mol. The fraction of sp³-hybridized carbons (Fsp3) is 0.381. The van der Waals surface area contributed by atoms with Gasteiger partial charge in [-0.05, 0) is 49.4 Å². The lowest BCUT2D eigenvalue weighted by Crippen LogP contribution is -2.52. The largest absolute Gasteiger partial charge is 0.385 e. The number of aliphatic hydroxyl groups is 1. The molecule has 6 nitrogen and oxygen atoms in total. The number of benzene rings is 1. The molecule has 144 valence electrons. The van der Waals surface area contributed by atoms with Crippen molar-refractivity contribution in [2.45, 2.75) is 43.2 Å². The van der Waals surface area contributed by atoms with Crippen LogP contribution < -0.4 is 5.73 Å². The molecule has 1 aliphatic carbocycles. The molecule has 1 fully saturated rings. The summed E-state index contributed by atoms with van der Waals surface area (Å²) in [5.41, 5.74) is 6.08. The normalized spacial score (nSPS) is 26.4. The van der Waals surface area contributed by atoms with Crippen LogP contribution in [0, 0.1) is 11.3 Å². The van der Waals surface area contributed by atoms with Gasteiger partial charge in [-0.3, -0.25) is 9.69 Å². The van der Waals surface area contributed by atoms with Gasteiger partial charge in [-0.2, -0.15) is 5.26 Å². The number of thiophene rings is 1. The second-order valence-corrected chi connectivity index (χ2v) is 8.81. The lowest BCUT2D eigenvalue weighted by Gasteiger charge is -2.40. The average molecular weight is 395 g/mol. The Labute approximate surface area is 167 Å². The van der Waals surface area contributed by atoms with Gasteiger partial charge in [-0.15, -0.1) is 11.3 Å². The lowest BCUT2D eigenvalue weighted by molar-refractivity contribution is -0.130. The van der Waals surface area contributed by atoms with Crippen molar-refractivity contribution < 1.29 is 9.90 Å². The van der Waals surface area contributed by atoms with Gasteiger partial charge in [0.15, 0.2) is 5.96 Å². The van der Waals surface area contributed by atoms with E-state index in [0.717, 1.165) is 35.3 Å². The minimum absolute atomic E-state index is 0.142. The van der Waals surface area contributed by atoms with Crippen LogP contribution in [-0.4, -0.2) is 28.9 Å². The van der Waals surface area contributed by atoms with Gasteiger partial charge in [0.05, 0.1) is 11.5 Å². The molecule has 2 aliphatic rings. The maximum absolute atomic E-state index is 13.2. The summed E-state index contributed by atoms with van der Waals surface area (Å²) in [5.74, 6) is -0.548. The summed E-state index contributed by atoms with van der Waals surface area (Å²) in [5, 5.41) is 19.8. The summed E-state index contributed by atoms with van der Waals surface area (Å²) >= 11 is 1.33. The highest BCUT2D eigenvalue weighted by atomic mass is 32.1. The van der Waals surface area contributed by atoms with Gasteiger partial charge in [-0.1, -0.05) is 24.3 Å². The van der Waals surface area contributed by atoms with Crippen LogP contribution in [0.15, 0.2) is 41.4 Å². The third kappa shape index (κ3) is 2.72. The Balaban J connectivity index is 1.80. The number of carbonyl (C=O) groups excluding carboxylic acids is 1. The first-order valence-electron chi connectivity index (χ1n) is 9.25. The Kier molecular flexibility index (Phi) is 4.29. The van der Waals surface area contributed by atoms with Crippen LogP contribution in [0.3, 0.4) is 0 Å². The van der Waals surface area contributed by atoms with Crippen molar-refractivity contribution in [1.29, 1.82) is 5.26 Å². The number of hydrogen-bond acceptors (Lipinski definition) is 6. The third-order valence-electron chi connectivity index (χ3n) is 6.01. The first kappa shape index (κ1) is 18.7. The van der Waals surface area contributed by atoms with Crippen molar-refractivity contribution >= 4 is 23.2 Å². The van der Waals surface area contributed by atoms with Gasteiger partial charge >= 0.3 is 0 Å². The topological polar surface area (TPSA) is 103 Å². The fourth-order valence-corrected chi connectivity index (χ4v) is 4.97. The van der Waals surface area contributed by atoms with Crippen molar-refractivity contribution in [3.63, 3.8) is 0 Å². The van der Waals surface area contributed by atoms with E-state index in [4.69, 9.17) is 5.73 Å². The lowest BCUT2D eigenvalue weighted by atomic mass is 9.73. The quantitative estimate of drug-likeness (QED) is 0.835. The summed E-state index contributed by atoms with van der Waals surface area (Å²) in [7, 11) is 1.62. The number of hydrogen-bond donors (Lipinski definition) is 2. The van der Waals surface area contributed by atoms with Crippen molar-refractivity contribution in [2.24, 2.45) is 10.7 Å². The predicted octanol–water partition coefficient (Wildman–Crippen LogP) is 2.78. The summed E-state index contributed by atoms with van der Waals surface area (Å²) in [6.45, 7) is 1.88. The number of rotatable bonds is 3.